The SMILES string of the molecule is COc1cc(C(=O)O)c(NS(=O)(=O)c2ccc(Cl)nc2Cl)c(OC)c1OC. The smallest absolute Gasteiger partial charge is 0.338 e. The topological polar surface area (TPSA) is 124 Å². The lowest BCUT2D eigenvalue weighted by molar-refractivity contribution is 0.0697. The first kappa shape index (κ1) is 20.9. The first-order valence-electron chi connectivity index (χ1n) is 7.07. The zero-order chi connectivity index (χ0) is 20.4. The van der Waals surface area contributed by atoms with E-state index in [2.05, 4.69) is 9.71 Å². The molecule has 1 aromatic heterocycles. The molecule has 146 valence electrons. The van der Waals surface area contributed by atoms with Crippen LogP contribution in [-0.4, -0.2) is 45.8 Å². The molecule has 1 aromatic carbocycles. The molecule has 2 rings (SSSR count). The average molecular weight is 437 g/mol. The van der Waals surface area contributed by atoms with Crippen LogP contribution in [0.1, 0.15) is 10.4 Å². The number of aromatic carboxylic acids is 1. The standard InChI is InChI=1S/C15H14Cl2N2O7S/c1-24-8-6-7(15(20)21)11(13(26-3)12(8)25-2)19-27(22,23)9-4-5-10(16)18-14(9)17/h4-6,19H,1-3H3,(H,20,21). The van der Waals surface area contributed by atoms with Crippen molar-refractivity contribution in [1.82, 2.24) is 4.98 Å². The Morgan fingerprint density at radius 3 is 2.22 bits per heavy atom. The molecule has 2 aromatic rings. The molecule has 0 atom stereocenters. The number of ether oxygens (including phenoxy) is 3. The van der Waals surface area contributed by atoms with Gasteiger partial charge in [-0.25, -0.2) is 18.2 Å². The van der Waals surface area contributed by atoms with Crippen molar-refractivity contribution in [2.24, 2.45) is 0 Å². The van der Waals surface area contributed by atoms with Crippen molar-refractivity contribution in [3.63, 3.8) is 0 Å². The van der Waals surface area contributed by atoms with E-state index < -0.39 is 26.5 Å². The molecule has 0 unspecified atom stereocenters. The van der Waals surface area contributed by atoms with E-state index in [0.717, 1.165) is 12.1 Å². The first-order valence-corrected chi connectivity index (χ1v) is 9.31. The summed E-state index contributed by atoms with van der Waals surface area (Å²) in [7, 11) is -0.529. The number of carboxylic acid groups (broad SMARTS) is 1. The second kappa shape index (κ2) is 8.07. The number of carboxylic acids is 1. The van der Waals surface area contributed by atoms with Crippen molar-refractivity contribution in [1.29, 1.82) is 0 Å². The number of pyridine rings is 1. The number of nitrogens with one attached hydrogen (secondary N) is 1. The van der Waals surface area contributed by atoms with Crippen molar-refractivity contribution in [2.75, 3.05) is 26.1 Å². The normalized spacial score (nSPS) is 11.0. The Bertz CT molecular complexity index is 996. The van der Waals surface area contributed by atoms with Gasteiger partial charge in [0.25, 0.3) is 10.0 Å². The molecule has 2 N–H and O–H groups in total. The van der Waals surface area contributed by atoms with Crippen LogP contribution >= 0.6 is 23.2 Å². The highest BCUT2D eigenvalue weighted by Crippen LogP contribution is 2.46. The maximum Gasteiger partial charge on any atom is 0.338 e. The van der Waals surface area contributed by atoms with Gasteiger partial charge in [0.2, 0.25) is 5.75 Å². The fourth-order valence-electron chi connectivity index (χ4n) is 2.22. The Morgan fingerprint density at radius 1 is 1.11 bits per heavy atom. The predicted octanol–water partition coefficient (Wildman–Crippen LogP) is 2.91. The number of hydrogen-bond acceptors (Lipinski definition) is 7. The third-order valence-corrected chi connectivity index (χ3v) is 5.36. The number of methoxy groups -OCH3 is 3. The van der Waals surface area contributed by atoms with Crippen molar-refractivity contribution in [3.8, 4) is 17.2 Å². The number of benzene rings is 1. The fourth-order valence-corrected chi connectivity index (χ4v) is 3.96. The van der Waals surface area contributed by atoms with Crippen molar-refractivity contribution < 1.29 is 32.5 Å². The molecule has 1 heterocycles. The van der Waals surface area contributed by atoms with E-state index in [4.69, 9.17) is 37.4 Å². The second-order valence-electron chi connectivity index (χ2n) is 4.90. The number of hydrogen-bond donors (Lipinski definition) is 2. The van der Waals surface area contributed by atoms with Crippen LogP contribution in [0.15, 0.2) is 23.1 Å². The minimum absolute atomic E-state index is 0.00280. The summed E-state index contributed by atoms with van der Waals surface area (Å²) in [5.74, 6) is -1.56. The van der Waals surface area contributed by atoms with Gasteiger partial charge in [0.1, 0.15) is 15.7 Å². The van der Waals surface area contributed by atoms with E-state index in [0.29, 0.717) is 0 Å². The van der Waals surface area contributed by atoms with E-state index in [9.17, 15) is 18.3 Å². The Kier molecular flexibility index (Phi) is 6.24. The minimum atomic E-state index is -4.34. The molecule has 12 heteroatoms. The van der Waals surface area contributed by atoms with Crippen molar-refractivity contribution >= 4 is 44.9 Å². The average Bonchev–Trinajstić information content (AvgIpc) is 2.59. The third kappa shape index (κ3) is 4.12. The van der Waals surface area contributed by atoms with Gasteiger partial charge in [0.05, 0.1) is 26.9 Å². The van der Waals surface area contributed by atoms with Crippen LogP contribution in [0.5, 0.6) is 17.2 Å². The van der Waals surface area contributed by atoms with Gasteiger partial charge in [-0.15, -0.1) is 0 Å². The monoisotopic (exact) mass is 436 g/mol. The summed E-state index contributed by atoms with van der Waals surface area (Å²) in [6, 6.07) is 3.46. The molecule has 0 aliphatic rings. The van der Waals surface area contributed by atoms with Crippen molar-refractivity contribution in [3.05, 3.63) is 34.1 Å². The van der Waals surface area contributed by atoms with Crippen molar-refractivity contribution in [2.45, 2.75) is 4.90 Å². The molecule has 9 nitrogen and oxygen atoms in total. The number of rotatable bonds is 7. The van der Waals surface area contributed by atoms with Crippen LogP contribution in [0.4, 0.5) is 5.69 Å². The molecule has 0 aliphatic heterocycles. The van der Waals surface area contributed by atoms with Gasteiger partial charge in [0.15, 0.2) is 16.7 Å². The van der Waals surface area contributed by atoms with Gasteiger partial charge in [-0.3, -0.25) is 4.72 Å². The fraction of sp³-hybridized carbons (Fsp3) is 0.200. The summed E-state index contributed by atoms with van der Waals surface area (Å²) < 4.78 is 43.0. The van der Waals surface area contributed by atoms with Crippen LogP contribution in [0.2, 0.25) is 10.3 Å². The molecule has 0 spiro atoms. The maximum absolute atomic E-state index is 12.7. The quantitative estimate of drug-likeness (QED) is 0.634. The molecule has 0 bridgehead atoms. The number of sulfonamides is 1. The van der Waals surface area contributed by atoms with Crippen LogP contribution < -0.4 is 18.9 Å². The molecule has 0 saturated heterocycles. The van der Waals surface area contributed by atoms with Gasteiger partial charge in [-0.05, 0) is 12.1 Å². The minimum Gasteiger partial charge on any atom is -0.493 e. The molecular formula is C15H14Cl2N2O7S. The van der Waals surface area contributed by atoms with Gasteiger partial charge >= 0.3 is 5.97 Å². The van der Waals surface area contributed by atoms with Gasteiger partial charge in [0, 0.05) is 6.07 Å². The lowest BCUT2D eigenvalue weighted by atomic mass is 10.1. The lowest BCUT2D eigenvalue weighted by Gasteiger charge is -2.19. The zero-order valence-electron chi connectivity index (χ0n) is 14.2. The molecule has 0 fully saturated rings. The molecule has 0 amide bonds. The van der Waals surface area contributed by atoms with E-state index >= 15 is 0 Å². The zero-order valence-corrected chi connectivity index (χ0v) is 16.6. The van der Waals surface area contributed by atoms with E-state index in [1.807, 2.05) is 0 Å². The van der Waals surface area contributed by atoms with E-state index in [-0.39, 0.29) is 33.2 Å². The summed E-state index contributed by atoms with van der Waals surface area (Å²) in [4.78, 5) is 14.9. The number of carbonyl (C=O) groups is 1. The maximum atomic E-state index is 12.7. The molecule has 0 aliphatic carbocycles. The highest BCUT2D eigenvalue weighted by Gasteiger charge is 2.29. The summed E-state index contributed by atoms with van der Waals surface area (Å²) in [6.07, 6.45) is 0. The molecular weight excluding hydrogens is 423 g/mol. The Balaban J connectivity index is 2.71. The largest absolute Gasteiger partial charge is 0.493 e. The summed E-state index contributed by atoms with van der Waals surface area (Å²) >= 11 is 11.5. The van der Waals surface area contributed by atoms with Crippen LogP contribution in [0.3, 0.4) is 0 Å². The summed E-state index contributed by atoms with van der Waals surface area (Å²) in [6.45, 7) is 0. The van der Waals surface area contributed by atoms with Gasteiger partial charge in [-0.2, -0.15) is 0 Å². The van der Waals surface area contributed by atoms with E-state index in [1.165, 1.54) is 27.4 Å². The number of nitrogens with zero attached hydrogens (tertiary/aromatic N) is 1. The lowest BCUT2D eigenvalue weighted by Crippen LogP contribution is -2.18. The molecule has 0 radical (unpaired) electrons. The number of halogens is 2. The summed E-state index contributed by atoms with van der Waals surface area (Å²) in [5.41, 5.74) is -0.792. The van der Waals surface area contributed by atoms with Crippen LogP contribution in [0.25, 0.3) is 0 Å². The van der Waals surface area contributed by atoms with Crippen LogP contribution in [-0.2, 0) is 10.0 Å². The highest BCUT2D eigenvalue weighted by molar-refractivity contribution is 7.92. The Labute approximate surface area is 164 Å². The Hall–Kier alpha value is -2.43. The molecule has 27 heavy (non-hydrogen) atoms. The predicted molar refractivity (Wildman–Crippen MR) is 98.1 cm³/mol. The third-order valence-electron chi connectivity index (χ3n) is 3.37. The number of aromatic nitrogens is 1. The highest BCUT2D eigenvalue weighted by atomic mass is 35.5. The second-order valence-corrected chi connectivity index (χ2v) is 7.30. The molecule has 0 saturated carbocycles. The first-order chi connectivity index (χ1) is 12.7. The summed E-state index contributed by atoms with van der Waals surface area (Å²) in [5, 5.41) is 9.10. The van der Waals surface area contributed by atoms with Gasteiger partial charge in [-0.1, -0.05) is 23.2 Å². The Morgan fingerprint density at radius 2 is 1.74 bits per heavy atom. The van der Waals surface area contributed by atoms with Gasteiger partial charge < -0.3 is 19.3 Å². The van der Waals surface area contributed by atoms with Crippen LogP contribution in [0, 0.1) is 0 Å². The van der Waals surface area contributed by atoms with E-state index in [1.54, 1.807) is 0 Å². The number of anilines is 1.